The van der Waals surface area contributed by atoms with Gasteiger partial charge in [0, 0.05) is 37.2 Å². The highest BCUT2D eigenvalue weighted by atomic mass is 16.6. The Labute approximate surface area is 135 Å². The number of benzene rings is 1. The third kappa shape index (κ3) is 3.01. The number of nitrogens with zero attached hydrogens (tertiary/aromatic N) is 3. The van der Waals surface area contributed by atoms with Gasteiger partial charge >= 0.3 is 5.69 Å². The van der Waals surface area contributed by atoms with Crippen LogP contribution in [0.5, 0.6) is 5.75 Å². The molecule has 2 atom stereocenters. The quantitative estimate of drug-likeness (QED) is 0.666. The van der Waals surface area contributed by atoms with Gasteiger partial charge in [-0.2, -0.15) is 5.10 Å². The minimum atomic E-state index is -0.399. The summed E-state index contributed by atoms with van der Waals surface area (Å²) in [5.41, 5.74) is 5.25. The number of ether oxygens (including phenoxy) is 1. The summed E-state index contributed by atoms with van der Waals surface area (Å²) in [7, 11) is 1.45. The van der Waals surface area contributed by atoms with Crippen molar-refractivity contribution in [3.05, 3.63) is 33.9 Å². The average molecular weight is 318 g/mol. The van der Waals surface area contributed by atoms with Crippen molar-refractivity contribution in [3.8, 4) is 5.75 Å². The van der Waals surface area contributed by atoms with Crippen LogP contribution in [-0.2, 0) is 0 Å². The molecule has 0 radical (unpaired) electrons. The van der Waals surface area contributed by atoms with Crippen molar-refractivity contribution in [3.63, 3.8) is 0 Å². The number of nitro benzene ring substituents is 1. The fourth-order valence-corrected chi connectivity index (χ4v) is 3.48. The normalized spacial score (nSPS) is 23.8. The Morgan fingerprint density at radius 2 is 2.35 bits per heavy atom. The number of hydrogen-bond acceptors (Lipinski definition) is 6. The molecule has 0 aromatic heterocycles. The number of piperidine rings is 1. The number of methoxy groups -OCH3 is 1. The summed E-state index contributed by atoms with van der Waals surface area (Å²) in [6.07, 6.45) is 2.09. The Bertz CT molecular complexity index is 632. The maximum absolute atomic E-state index is 11.2. The molecule has 1 saturated heterocycles. The van der Waals surface area contributed by atoms with Crippen molar-refractivity contribution in [2.45, 2.75) is 25.8 Å². The molecule has 2 aliphatic heterocycles. The number of nitrogens with one attached hydrogen (secondary N) is 1. The molecule has 2 heterocycles. The van der Waals surface area contributed by atoms with Crippen LogP contribution < -0.4 is 10.2 Å². The van der Waals surface area contributed by atoms with Crippen LogP contribution in [0.15, 0.2) is 23.3 Å². The van der Waals surface area contributed by atoms with Gasteiger partial charge in [0.1, 0.15) is 0 Å². The fraction of sp³-hybridized carbons (Fsp3) is 0.562. The van der Waals surface area contributed by atoms with Crippen LogP contribution in [0, 0.1) is 16.0 Å². The van der Waals surface area contributed by atoms with E-state index in [4.69, 9.17) is 4.74 Å². The third-order valence-electron chi connectivity index (χ3n) is 4.62. The van der Waals surface area contributed by atoms with Gasteiger partial charge in [-0.1, -0.05) is 13.0 Å². The summed E-state index contributed by atoms with van der Waals surface area (Å²) in [6, 6.07) is 5.16. The Hall–Kier alpha value is -2.15. The minimum Gasteiger partial charge on any atom is -0.490 e. The van der Waals surface area contributed by atoms with Gasteiger partial charge in [-0.3, -0.25) is 10.1 Å². The van der Waals surface area contributed by atoms with E-state index in [1.165, 1.54) is 12.8 Å². The fourth-order valence-electron chi connectivity index (χ4n) is 3.48. The lowest BCUT2D eigenvalue weighted by Crippen LogP contribution is -2.42. The van der Waals surface area contributed by atoms with Crippen molar-refractivity contribution in [2.75, 3.05) is 26.7 Å². The Morgan fingerprint density at radius 3 is 3.04 bits per heavy atom. The molecule has 0 bridgehead atoms. The second-order valence-corrected chi connectivity index (χ2v) is 6.06. The SMILES string of the molecule is CCCN1CCC2=NNC(c3ccc(OC)c([N+](=O)[O-])c3)C2C1. The lowest BCUT2D eigenvalue weighted by Gasteiger charge is -2.33. The lowest BCUT2D eigenvalue weighted by atomic mass is 9.86. The molecule has 1 fully saturated rings. The number of hydrazone groups is 1. The van der Waals surface area contributed by atoms with Gasteiger partial charge in [-0.15, -0.1) is 0 Å². The summed E-state index contributed by atoms with van der Waals surface area (Å²) in [4.78, 5) is 13.3. The van der Waals surface area contributed by atoms with Gasteiger partial charge in [0.25, 0.3) is 0 Å². The molecule has 7 heteroatoms. The molecule has 0 aliphatic carbocycles. The van der Waals surface area contributed by atoms with Gasteiger partial charge in [0.15, 0.2) is 5.75 Å². The molecule has 1 aromatic carbocycles. The molecule has 0 amide bonds. The molecule has 23 heavy (non-hydrogen) atoms. The highest BCUT2D eigenvalue weighted by Gasteiger charge is 2.37. The summed E-state index contributed by atoms with van der Waals surface area (Å²) in [6.45, 7) is 5.25. The number of nitro groups is 1. The first-order valence-electron chi connectivity index (χ1n) is 8.00. The maximum Gasteiger partial charge on any atom is 0.311 e. The summed E-state index contributed by atoms with van der Waals surface area (Å²) < 4.78 is 5.08. The van der Waals surface area contributed by atoms with Crippen LogP contribution in [0.25, 0.3) is 0 Å². The zero-order chi connectivity index (χ0) is 16.4. The van der Waals surface area contributed by atoms with Crippen LogP contribution in [-0.4, -0.2) is 42.3 Å². The van der Waals surface area contributed by atoms with E-state index in [1.807, 2.05) is 6.07 Å². The van der Waals surface area contributed by atoms with Gasteiger partial charge in [-0.05, 0) is 24.6 Å². The molecule has 7 nitrogen and oxygen atoms in total. The van der Waals surface area contributed by atoms with E-state index in [2.05, 4.69) is 22.4 Å². The summed E-state index contributed by atoms with van der Waals surface area (Å²) in [5.74, 6) is 0.567. The molecule has 1 N–H and O–H groups in total. The lowest BCUT2D eigenvalue weighted by molar-refractivity contribution is -0.385. The van der Waals surface area contributed by atoms with E-state index in [0.717, 1.165) is 38.0 Å². The standard InChI is InChI=1S/C16H22N4O3/c1-3-7-19-8-6-13-12(10-19)16(18-17-13)11-4-5-15(23-2)14(9-11)20(21)22/h4-5,9,12,16,18H,3,6-8,10H2,1-2H3. The molecule has 2 unspecified atom stereocenters. The number of hydrogen-bond donors (Lipinski definition) is 1. The molecule has 3 rings (SSSR count). The molecule has 0 saturated carbocycles. The highest BCUT2D eigenvalue weighted by Crippen LogP contribution is 2.36. The number of rotatable bonds is 5. The van der Waals surface area contributed by atoms with Crippen molar-refractivity contribution in [2.24, 2.45) is 11.0 Å². The molecular weight excluding hydrogens is 296 g/mol. The van der Waals surface area contributed by atoms with Crippen molar-refractivity contribution in [1.29, 1.82) is 0 Å². The largest absolute Gasteiger partial charge is 0.490 e. The monoisotopic (exact) mass is 318 g/mol. The second-order valence-electron chi connectivity index (χ2n) is 6.06. The Balaban J connectivity index is 1.84. The number of fused-ring (bicyclic) bond motifs is 1. The summed E-state index contributed by atoms with van der Waals surface area (Å²) >= 11 is 0. The zero-order valence-electron chi connectivity index (χ0n) is 13.5. The van der Waals surface area contributed by atoms with E-state index >= 15 is 0 Å². The van der Waals surface area contributed by atoms with Crippen LogP contribution in [0.3, 0.4) is 0 Å². The van der Waals surface area contributed by atoms with Gasteiger partial charge in [-0.25, -0.2) is 0 Å². The van der Waals surface area contributed by atoms with E-state index in [-0.39, 0.29) is 23.4 Å². The topological polar surface area (TPSA) is 80.0 Å². The first-order chi connectivity index (χ1) is 11.1. The summed E-state index contributed by atoms with van der Waals surface area (Å²) in [5, 5.41) is 15.7. The second kappa shape index (κ2) is 6.54. The van der Waals surface area contributed by atoms with E-state index in [0.29, 0.717) is 0 Å². The number of likely N-dealkylation sites (tertiary alicyclic amines) is 1. The van der Waals surface area contributed by atoms with E-state index in [9.17, 15) is 10.1 Å². The Kier molecular flexibility index (Phi) is 4.47. The zero-order valence-corrected chi connectivity index (χ0v) is 13.5. The van der Waals surface area contributed by atoms with Crippen molar-refractivity contribution in [1.82, 2.24) is 10.3 Å². The van der Waals surface area contributed by atoms with Crippen LogP contribution >= 0.6 is 0 Å². The smallest absolute Gasteiger partial charge is 0.311 e. The molecule has 1 aromatic rings. The molecule has 2 aliphatic rings. The minimum absolute atomic E-state index is 0.00136. The van der Waals surface area contributed by atoms with Crippen molar-refractivity contribution < 1.29 is 9.66 Å². The Morgan fingerprint density at radius 1 is 1.52 bits per heavy atom. The predicted molar refractivity (Wildman–Crippen MR) is 87.8 cm³/mol. The van der Waals surface area contributed by atoms with Crippen LogP contribution in [0.2, 0.25) is 0 Å². The van der Waals surface area contributed by atoms with Crippen LogP contribution in [0.4, 0.5) is 5.69 Å². The van der Waals surface area contributed by atoms with Gasteiger partial charge in [0.05, 0.1) is 18.1 Å². The molecule has 0 spiro atoms. The van der Waals surface area contributed by atoms with Gasteiger partial charge < -0.3 is 15.1 Å². The highest BCUT2D eigenvalue weighted by molar-refractivity contribution is 5.90. The average Bonchev–Trinajstić information content (AvgIpc) is 2.97. The predicted octanol–water partition coefficient (Wildman–Crippen LogP) is 2.34. The van der Waals surface area contributed by atoms with Crippen molar-refractivity contribution >= 4 is 11.4 Å². The molecular formula is C16H22N4O3. The maximum atomic E-state index is 11.2. The van der Waals surface area contributed by atoms with Gasteiger partial charge in [0.2, 0.25) is 0 Å². The van der Waals surface area contributed by atoms with Crippen LogP contribution in [0.1, 0.15) is 31.4 Å². The first kappa shape index (κ1) is 15.7. The third-order valence-corrected chi connectivity index (χ3v) is 4.62. The first-order valence-corrected chi connectivity index (χ1v) is 8.00. The van der Waals surface area contributed by atoms with E-state index < -0.39 is 4.92 Å². The van der Waals surface area contributed by atoms with E-state index in [1.54, 1.807) is 12.1 Å². The molecule has 124 valence electrons.